The Hall–Kier alpha value is -1.76. The Bertz CT molecular complexity index is 528. The molecule has 1 aromatic rings. The number of hydrogen-bond donors (Lipinski definition) is 2. The maximum Gasteiger partial charge on any atom is 0.417 e. The number of hydrogen-bond acceptors (Lipinski definition) is 3. The number of fused-ring (bicyclic) bond motifs is 1. The van der Waals surface area contributed by atoms with Gasteiger partial charge in [0.15, 0.2) is 0 Å². The van der Waals surface area contributed by atoms with Crippen molar-refractivity contribution in [2.45, 2.75) is 31.7 Å². The van der Waals surface area contributed by atoms with E-state index < -0.39 is 29.3 Å². The number of halogens is 3. The second kappa shape index (κ2) is 4.41. The van der Waals surface area contributed by atoms with Gasteiger partial charge in [-0.25, -0.2) is 4.79 Å². The summed E-state index contributed by atoms with van der Waals surface area (Å²) in [6.45, 7) is 1.70. The van der Waals surface area contributed by atoms with Crippen molar-refractivity contribution in [1.82, 2.24) is 0 Å². The monoisotopic (exact) mass is 275 g/mol. The molecule has 19 heavy (non-hydrogen) atoms. The number of ether oxygens (including phenoxy) is 1. The quantitative estimate of drug-likeness (QED) is 0.826. The first kappa shape index (κ1) is 13.7. The van der Waals surface area contributed by atoms with Gasteiger partial charge in [-0.1, -0.05) is 0 Å². The SMILES string of the molecule is C[C@@H]1CC(N)c2cc(C(=O)O)c(C(F)(F)F)cc2O1. The lowest BCUT2D eigenvalue weighted by Gasteiger charge is -2.29. The van der Waals surface area contributed by atoms with Gasteiger partial charge in [-0.3, -0.25) is 0 Å². The van der Waals surface area contributed by atoms with Crippen LogP contribution in [0.5, 0.6) is 5.75 Å². The van der Waals surface area contributed by atoms with E-state index in [1.54, 1.807) is 6.92 Å². The zero-order valence-corrected chi connectivity index (χ0v) is 9.99. The highest BCUT2D eigenvalue weighted by Crippen LogP contribution is 2.40. The molecule has 0 saturated heterocycles. The number of alkyl halides is 3. The Kier molecular flexibility index (Phi) is 3.17. The van der Waals surface area contributed by atoms with E-state index in [0.717, 1.165) is 6.07 Å². The van der Waals surface area contributed by atoms with E-state index >= 15 is 0 Å². The first-order chi connectivity index (χ1) is 8.70. The average molecular weight is 275 g/mol. The topological polar surface area (TPSA) is 72.6 Å². The molecule has 2 atom stereocenters. The van der Waals surface area contributed by atoms with Crippen molar-refractivity contribution < 1.29 is 27.8 Å². The van der Waals surface area contributed by atoms with Crippen molar-refractivity contribution in [3.63, 3.8) is 0 Å². The number of carboxylic acid groups (broad SMARTS) is 1. The van der Waals surface area contributed by atoms with Gasteiger partial charge in [0.05, 0.1) is 17.2 Å². The average Bonchev–Trinajstić information content (AvgIpc) is 2.25. The first-order valence-electron chi connectivity index (χ1n) is 5.61. The summed E-state index contributed by atoms with van der Waals surface area (Å²) in [6, 6.07) is 1.14. The van der Waals surface area contributed by atoms with Gasteiger partial charge in [-0.05, 0) is 19.1 Å². The van der Waals surface area contributed by atoms with E-state index in [1.165, 1.54) is 0 Å². The van der Waals surface area contributed by atoms with E-state index in [4.69, 9.17) is 15.6 Å². The number of benzene rings is 1. The summed E-state index contributed by atoms with van der Waals surface area (Å²) in [5.74, 6) is -1.63. The van der Waals surface area contributed by atoms with Crippen molar-refractivity contribution in [1.29, 1.82) is 0 Å². The lowest BCUT2D eigenvalue weighted by atomic mass is 9.93. The summed E-state index contributed by atoms with van der Waals surface area (Å²) in [4.78, 5) is 10.9. The fourth-order valence-electron chi connectivity index (χ4n) is 2.15. The third-order valence-electron chi connectivity index (χ3n) is 3.00. The van der Waals surface area contributed by atoms with Gasteiger partial charge < -0.3 is 15.6 Å². The Labute approximate surface area is 107 Å². The Balaban J connectivity index is 2.63. The van der Waals surface area contributed by atoms with Crippen molar-refractivity contribution in [2.75, 3.05) is 0 Å². The highest BCUT2D eigenvalue weighted by atomic mass is 19.4. The molecule has 1 heterocycles. The molecule has 0 saturated carbocycles. The third kappa shape index (κ3) is 2.51. The minimum Gasteiger partial charge on any atom is -0.490 e. The summed E-state index contributed by atoms with van der Waals surface area (Å²) in [5.41, 5.74) is 4.08. The number of nitrogens with two attached hydrogens (primary N) is 1. The van der Waals surface area contributed by atoms with Gasteiger partial charge in [-0.15, -0.1) is 0 Å². The number of rotatable bonds is 1. The first-order valence-corrected chi connectivity index (χ1v) is 5.61. The number of aromatic carboxylic acids is 1. The van der Waals surface area contributed by atoms with Gasteiger partial charge in [-0.2, -0.15) is 13.2 Å². The molecule has 2 rings (SSSR count). The minimum absolute atomic E-state index is 0.00331. The minimum atomic E-state index is -4.75. The number of carbonyl (C=O) groups is 1. The largest absolute Gasteiger partial charge is 0.490 e. The molecule has 0 bridgehead atoms. The smallest absolute Gasteiger partial charge is 0.417 e. The molecule has 1 aliphatic rings. The highest BCUT2D eigenvalue weighted by Gasteiger charge is 2.38. The fourth-order valence-corrected chi connectivity index (χ4v) is 2.15. The normalized spacial score (nSPS) is 22.6. The van der Waals surface area contributed by atoms with E-state index in [0.29, 0.717) is 18.1 Å². The van der Waals surface area contributed by atoms with E-state index in [1.807, 2.05) is 0 Å². The molecule has 0 fully saturated rings. The zero-order valence-electron chi connectivity index (χ0n) is 9.99. The molecule has 1 aromatic carbocycles. The standard InChI is InChI=1S/C12H12F3NO3/c1-5-2-9(16)7-3-6(11(17)18)8(12(13,14)15)4-10(7)19-5/h3-5,9H,2,16H2,1H3,(H,17,18)/t5-,9?/m1/s1. The van der Waals surface area contributed by atoms with Crippen molar-refractivity contribution >= 4 is 5.97 Å². The summed E-state index contributed by atoms with van der Waals surface area (Å²) >= 11 is 0. The predicted octanol–water partition coefficient (Wildman–Crippen LogP) is 2.57. The van der Waals surface area contributed by atoms with E-state index in [9.17, 15) is 18.0 Å². The maximum atomic E-state index is 12.8. The van der Waals surface area contributed by atoms with Crippen LogP contribution in [-0.2, 0) is 6.18 Å². The molecule has 104 valence electrons. The number of carboxylic acids is 1. The Morgan fingerprint density at radius 2 is 2.11 bits per heavy atom. The third-order valence-corrected chi connectivity index (χ3v) is 3.00. The van der Waals surface area contributed by atoms with Crippen LogP contribution in [0.25, 0.3) is 0 Å². The van der Waals surface area contributed by atoms with Gasteiger partial charge in [0.1, 0.15) is 5.75 Å². The van der Waals surface area contributed by atoms with Crippen molar-refractivity contribution in [3.8, 4) is 5.75 Å². The Morgan fingerprint density at radius 3 is 2.63 bits per heavy atom. The summed E-state index contributed by atoms with van der Waals surface area (Å²) in [5, 5.41) is 8.89. The lowest BCUT2D eigenvalue weighted by Crippen LogP contribution is -2.28. The molecule has 0 radical (unpaired) electrons. The van der Waals surface area contributed by atoms with E-state index in [2.05, 4.69) is 0 Å². The van der Waals surface area contributed by atoms with Gasteiger partial charge in [0.2, 0.25) is 0 Å². The van der Waals surface area contributed by atoms with Crippen LogP contribution >= 0.6 is 0 Å². The summed E-state index contributed by atoms with van der Waals surface area (Å²) < 4.78 is 43.8. The van der Waals surface area contributed by atoms with Crippen molar-refractivity contribution in [2.24, 2.45) is 5.73 Å². The molecular formula is C12H12F3NO3. The van der Waals surface area contributed by atoms with Gasteiger partial charge in [0, 0.05) is 18.0 Å². The fraction of sp³-hybridized carbons (Fsp3) is 0.417. The molecule has 0 aliphatic carbocycles. The van der Waals surface area contributed by atoms with Crippen LogP contribution < -0.4 is 10.5 Å². The molecule has 0 spiro atoms. The molecular weight excluding hydrogens is 263 g/mol. The molecule has 0 amide bonds. The van der Waals surface area contributed by atoms with Crippen LogP contribution in [0.1, 0.15) is 40.9 Å². The van der Waals surface area contributed by atoms with Crippen molar-refractivity contribution in [3.05, 3.63) is 28.8 Å². The predicted molar refractivity (Wildman–Crippen MR) is 60.0 cm³/mol. The highest BCUT2D eigenvalue weighted by molar-refractivity contribution is 5.90. The van der Waals surface area contributed by atoms with Crippen LogP contribution in [-0.4, -0.2) is 17.2 Å². The van der Waals surface area contributed by atoms with Gasteiger partial charge >= 0.3 is 12.1 Å². The molecule has 3 N–H and O–H groups in total. The second-order valence-electron chi connectivity index (χ2n) is 4.51. The van der Waals surface area contributed by atoms with Crippen LogP contribution in [0.2, 0.25) is 0 Å². The molecule has 7 heteroatoms. The van der Waals surface area contributed by atoms with Crippen LogP contribution in [0.15, 0.2) is 12.1 Å². The van der Waals surface area contributed by atoms with Crippen LogP contribution in [0.3, 0.4) is 0 Å². The molecule has 1 aliphatic heterocycles. The summed E-state index contributed by atoms with van der Waals surface area (Å²) in [6.07, 6.45) is -4.63. The summed E-state index contributed by atoms with van der Waals surface area (Å²) in [7, 11) is 0. The lowest BCUT2D eigenvalue weighted by molar-refractivity contribution is -0.138. The molecule has 4 nitrogen and oxygen atoms in total. The molecule has 1 unspecified atom stereocenters. The second-order valence-corrected chi connectivity index (χ2v) is 4.51. The van der Waals surface area contributed by atoms with Gasteiger partial charge in [0.25, 0.3) is 0 Å². The van der Waals surface area contributed by atoms with Crippen LogP contribution in [0, 0.1) is 0 Å². The zero-order chi connectivity index (χ0) is 14.4. The molecule has 0 aromatic heterocycles. The maximum absolute atomic E-state index is 12.8. The van der Waals surface area contributed by atoms with Crippen LogP contribution in [0.4, 0.5) is 13.2 Å². The van der Waals surface area contributed by atoms with E-state index in [-0.39, 0.29) is 11.9 Å². The Morgan fingerprint density at radius 1 is 1.47 bits per heavy atom.